The van der Waals surface area contributed by atoms with Crippen LogP contribution in [-0.4, -0.2) is 11.6 Å². The number of benzene rings is 2. The fraction of sp³-hybridized carbons (Fsp3) is 0.176. The van der Waals surface area contributed by atoms with Crippen LogP contribution in [0.15, 0.2) is 59.6 Å². The Morgan fingerprint density at radius 2 is 1.70 bits per heavy atom. The molecule has 1 spiro atoms. The summed E-state index contributed by atoms with van der Waals surface area (Å²) in [5, 5.41) is 0. The van der Waals surface area contributed by atoms with Gasteiger partial charge in [-0.25, -0.2) is 0 Å². The van der Waals surface area contributed by atoms with Crippen molar-refractivity contribution in [3.05, 3.63) is 65.7 Å². The number of carbonyl (C=O) groups excluding carboxylic acids is 1. The van der Waals surface area contributed by atoms with Gasteiger partial charge in [-0.3, -0.25) is 9.79 Å². The zero-order chi connectivity index (χ0) is 13.7. The van der Waals surface area contributed by atoms with Crippen molar-refractivity contribution in [1.82, 2.24) is 0 Å². The van der Waals surface area contributed by atoms with E-state index in [2.05, 4.69) is 4.99 Å². The van der Waals surface area contributed by atoms with Gasteiger partial charge in [-0.2, -0.15) is 0 Å². The first-order valence-corrected chi connectivity index (χ1v) is 6.76. The summed E-state index contributed by atoms with van der Waals surface area (Å²) in [6.07, 6.45) is 0. The lowest BCUT2D eigenvalue weighted by Gasteiger charge is -2.17. The molecule has 3 heteroatoms. The first-order chi connectivity index (χ1) is 9.73. The number of anilines is 1. The lowest BCUT2D eigenvalue weighted by molar-refractivity contribution is -0.120. The van der Waals surface area contributed by atoms with Gasteiger partial charge < -0.3 is 4.90 Å². The van der Waals surface area contributed by atoms with E-state index in [-0.39, 0.29) is 5.91 Å². The van der Waals surface area contributed by atoms with Crippen molar-refractivity contribution in [1.29, 1.82) is 0 Å². The van der Waals surface area contributed by atoms with E-state index in [0.717, 1.165) is 22.5 Å². The monoisotopic (exact) mass is 262 g/mol. The van der Waals surface area contributed by atoms with Crippen LogP contribution < -0.4 is 4.90 Å². The van der Waals surface area contributed by atoms with Crippen molar-refractivity contribution in [2.45, 2.75) is 19.0 Å². The summed E-state index contributed by atoms with van der Waals surface area (Å²) in [6, 6.07) is 18.0. The minimum atomic E-state index is -0.675. The van der Waals surface area contributed by atoms with E-state index in [1.165, 1.54) is 0 Å². The van der Waals surface area contributed by atoms with Crippen molar-refractivity contribution < 1.29 is 4.79 Å². The summed E-state index contributed by atoms with van der Waals surface area (Å²) in [7, 11) is 0. The van der Waals surface area contributed by atoms with Gasteiger partial charge in [0.15, 0.2) is 0 Å². The normalized spacial score (nSPS) is 22.9. The second-order valence-electron chi connectivity index (χ2n) is 5.30. The number of fused-ring (bicyclic) bond motifs is 2. The van der Waals surface area contributed by atoms with Gasteiger partial charge in [-0.05, 0) is 18.6 Å². The third-order valence-electron chi connectivity index (χ3n) is 4.13. The molecule has 1 amide bonds. The molecule has 0 aliphatic carbocycles. The second kappa shape index (κ2) is 3.79. The van der Waals surface area contributed by atoms with Crippen LogP contribution in [0.3, 0.4) is 0 Å². The Bertz CT molecular complexity index is 736. The number of carbonyl (C=O) groups is 1. The van der Waals surface area contributed by atoms with Crippen molar-refractivity contribution in [2.75, 3.05) is 4.90 Å². The standard InChI is InChI=1S/C17H14N2O/c1-12-17(18-12)14-9-5-6-10-15(14)19(16(17)20)11-13-7-3-2-4-8-13/h2-10H,11H2,1H3. The van der Waals surface area contributed by atoms with Gasteiger partial charge in [0, 0.05) is 5.56 Å². The largest absolute Gasteiger partial charge is 0.305 e. The number of aliphatic imine (C=N–C) groups is 1. The highest BCUT2D eigenvalue weighted by Gasteiger charge is 2.60. The van der Waals surface area contributed by atoms with Crippen LogP contribution in [0.5, 0.6) is 0 Å². The molecule has 2 aromatic rings. The smallest absolute Gasteiger partial charge is 0.265 e. The number of rotatable bonds is 2. The van der Waals surface area contributed by atoms with Crippen molar-refractivity contribution in [3.8, 4) is 0 Å². The van der Waals surface area contributed by atoms with Gasteiger partial charge in [0.1, 0.15) is 0 Å². The molecule has 98 valence electrons. The average Bonchev–Trinajstić information content (AvgIpc) is 3.12. The Hall–Kier alpha value is -2.42. The predicted molar refractivity (Wildman–Crippen MR) is 78.9 cm³/mol. The first-order valence-electron chi connectivity index (χ1n) is 6.76. The summed E-state index contributed by atoms with van der Waals surface area (Å²) in [5.74, 6) is 0.0834. The quantitative estimate of drug-likeness (QED) is 0.819. The molecule has 0 fully saturated rings. The zero-order valence-electron chi connectivity index (χ0n) is 11.2. The van der Waals surface area contributed by atoms with E-state index in [0.29, 0.717) is 6.54 Å². The van der Waals surface area contributed by atoms with E-state index in [9.17, 15) is 4.79 Å². The number of amides is 1. The zero-order valence-corrected chi connectivity index (χ0v) is 11.2. The molecule has 0 bridgehead atoms. The molecule has 0 N–H and O–H groups in total. The lowest BCUT2D eigenvalue weighted by atomic mass is 9.96. The van der Waals surface area contributed by atoms with Gasteiger partial charge in [-0.1, -0.05) is 48.5 Å². The Balaban J connectivity index is 1.77. The molecular weight excluding hydrogens is 248 g/mol. The third kappa shape index (κ3) is 1.35. The average molecular weight is 262 g/mol. The van der Waals surface area contributed by atoms with Crippen LogP contribution in [0.1, 0.15) is 18.1 Å². The summed E-state index contributed by atoms with van der Waals surface area (Å²) < 4.78 is 0. The van der Waals surface area contributed by atoms with Crippen molar-refractivity contribution in [2.24, 2.45) is 4.99 Å². The molecule has 20 heavy (non-hydrogen) atoms. The van der Waals surface area contributed by atoms with E-state index in [1.807, 2.05) is 66.4 Å². The number of nitrogens with zero attached hydrogens (tertiary/aromatic N) is 2. The molecule has 2 aliphatic heterocycles. The van der Waals surface area contributed by atoms with Gasteiger partial charge in [0.25, 0.3) is 5.91 Å². The van der Waals surface area contributed by atoms with E-state index in [1.54, 1.807) is 0 Å². The van der Waals surface area contributed by atoms with Gasteiger partial charge in [-0.15, -0.1) is 0 Å². The first kappa shape index (κ1) is 11.4. The Labute approximate surface area is 117 Å². The van der Waals surface area contributed by atoms with Crippen LogP contribution in [-0.2, 0) is 16.9 Å². The maximum Gasteiger partial charge on any atom is 0.265 e. The molecule has 0 saturated heterocycles. The maximum atomic E-state index is 12.8. The molecule has 0 aromatic heterocycles. The predicted octanol–water partition coefficient (Wildman–Crippen LogP) is 2.90. The van der Waals surface area contributed by atoms with E-state index >= 15 is 0 Å². The van der Waals surface area contributed by atoms with Crippen LogP contribution >= 0.6 is 0 Å². The van der Waals surface area contributed by atoms with Crippen LogP contribution in [0.4, 0.5) is 5.69 Å². The molecule has 2 heterocycles. The topological polar surface area (TPSA) is 32.7 Å². The molecule has 0 radical (unpaired) electrons. The van der Waals surface area contributed by atoms with Gasteiger partial charge in [0.05, 0.1) is 17.9 Å². The van der Waals surface area contributed by atoms with E-state index < -0.39 is 5.54 Å². The van der Waals surface area contributed by atoms with Crippen molar-refractivity contribution >= 4 is 17.3 Å². The number of para-hydroxylation sites is 1. The highest BCUT2D eigenvalue weighted by atomic mass is 16.2. The van der Waals surface area contributed by atoms with Gasteiger partial charge in [0.2, 0.25) is 5.54 Å². The fourth-order valence-electron chi connectivity index (χ4n) is 3.04. The summed E-state index contributed by atoms with van der Waals surface area (Å²) in [4.78, 5) is 19.1. The molecule has 2 aromatic carbocycles. The molecule has 1 atom stereocenters. The molecule has 4 rings (SSSR count). The molecular formula is C17H14N2O. The second-order valence-corrected chi connectivity index (χ2v) is 5.30. The van der Waals surface area contributed by atoms with Crippen molar-refractivity contribution in [3.63, 3.8) is 0 Å². The van der Waals surface area contributed by atoms with Crippen LogP contribution in [0.25, 0.3) is 0 Å². The molecule has 2 aliphatic rings. The number of hydrogen-bond donors (Lipinski definition) is 0. The minimum absolute atomic E-state index is 0.0834. The summed E-state index contributed by atoms with van der Waals surface area (Å²) in [5.41, 5.74) is 3.39. The summed E-state index contributed by atoms with van der Waals surface area (Å²) >= 11 is 0. The number of hydrogen-bond acceptors (Lipinski definition) is 2. The van der Waals surface area contributed by atoms with Gasteiger partial charge >= 0.3 is 0 Å². The maximum absolute atomic E-state index is 12.8. The Kier molecular flexibility index (Phi) is 2.16. The lowest BCUT2D eigenvalue weighted by Crippen LogP contribution is -2.34. The highest BCUT2D eigenvalue weighted by Crippen LogP contribution is 2.51. The van der Waals surface area contributed by atoms with Crippen LogP contribution in [0.2, 0.25) is 0 Å². The van der Waals surface area contributed by atoms with Crippen LogP contribution in [0, 0.1) is 0 Å². The third-order valence-corrected chi connectivity index (χ3v) is 4.13. The van der Waals surface area contributed by atoms with E-state index in [4.69, 9.17) is 0 Å². The Morgan fingerprint density at radius 1 is 1.05 bits per heavy atom. The SMILES string of the molecule is CC1=NC12C(=O)N(Cc1ccccc1)c1ccccc12. The summed E-state index contributed by atoms with van der Waals surface area (Å²) in [6.45, 7) is 2.53. The molecule has 1 unspecified atom stereocenters. The fourth-order valence-corrected chi connectivity index (χ4v) is 3.04. The molecule has 3 nitrogen and oxygen atoms in total. The minimum Gasteiger partial charge on any atom is -0.305 e. The molecule has 0 saturated carbocycles. The Morgan fingerprint density at radius 3 is 2.40 bits per heavy atom. The highest BCUT2D eigenvalue weighted by molar-refractivity contribution is 6.30.